The Bertz CT molecular complexity index is 214. The molecule has 0 aromatic carbocycles. The minimum Gasteiger partial charge on any atom is -0.395 e. The second kappa shape index (κ2) is 5.80. The van der Waals surface area contributed by atoms with E-state index in [0.29, 0.717) is 11.4 Å². The highest BCUT2D eigenvalue weighted by atomic mass is 79.9. The number of nitrogens with two attached hydrogens (primary N) is 2. The molecule has 0 saturated heterocycles. The molecule has 2 nitrogen and oxygen atoms in total. The molecule has 0 fully saturated rings. The van der Waals surface area contributed by atoms with E-state index in [1.54, 1.807) is 0 Å². The van der Waals surface area contributed by atoms with Gasteiger partial charge in [-0.15, -0.1) is 45.3 Å². The molecular formula is C4H6Br4N2S. The van der Waals surface area contributed by atoms with Crippen LogP contribution in [0.2, 0.25) is 0 Å². The van der Waals surface area contributed by atoms with E-state index in [-0.39, 0.29) is 34.0 Å². The molecular weight excluding hydrogens is 428 g/mol. The van der Waals surface area contributed by atoms with E-state index in [2.05, 4.69) is 31.9 Å². The maximum atomic E-state index is 5.51. The Balaban J connectivity index is 0. The van der Waals surface area contributed by atoms with Crippen molar-refractivity contribution in [2.75, 3.05) is 11.5 Å². The molecule has 0 aliphatic carbocycles. The number of rotatable bonds is 0. The molecule has 7 heteroatoms. The van der Waals surface area contributed by atoms with Crippen LogP contribution in [0, 0.1) is 0 Å². The first kappa shape index (κ1) is 14.7. The summed E-state index contributed by atoms with van der Waals surface area (Å²) >= 11 is 7.98. The van der Waals surface area contributed by atoms with Crippen molar-refractivity contribution >= 4 is 88.5 Å². The molecule has 0 bridgehead atoms. The number of halogens is 4. The Morgan fingerprint density at radius 2 is 1.18 bits per heavy atom. The zero-order valence-corrected chi connectivity index (χ0v) is 12.6. The Labute approximate surface area is 107 Å². The molecule has 1 heterocycles. The van der Waals surface area contributed by atoms with E-state index in [1.165, 1.54) is 11.3 Å². The Kier molecular flexibility index (Phi) is 7.76. The van der Waals surface area contributed by atoms with Crippen LogP contribution >= 0.6 is 77.2 Å². The molecule has 1 aromatic heterocycles. The van der Waals surface area contributed by atoms with Crippen LogP contribution in [0.4, 0.5) is 11.4 Å². The summed E-state index contributed by atoms with van der Waals surface area (Å²) in [6.07, 6.45) is 0. The quantitative estimate of drug-likeness (QED) is 0.657. The number of hydrogen-bond donors (Lipinski definition) is 2. The molecule has 0 atom stereocenters. The first-order valence-corrected chi connectivity index (χ1v) is 4.52. The second-order valence-electron chi connectivity index (χ2n) is 1.48. The summed E-state index contributed by atoms with van der Waals surface area (Å²) in [7, 11) is 0. The van der Waals surface area contributed by atoms with Crippen LogP contribution in [-0.4, -0.2) is 0 Å². The summed E-state index contributed by atoms with van der Waals surface area (Å²) in [5.74, 6) is 0. The van der Waals surface area contributed by atoms with Crippen LogP contribution in [0.15, 0.2) is 7.57 Å². The Morgan fingerprint density at radius 1 is 0.909 bits per heavy atom. The average Bonchev–Trinajstić information content (AvgIpc) is 1.98. The number of thiophene rings is 1. The topological polar surface area (TPSA) is 52.0 Å². The molecule has 0 unspecified atom stereocenters. The molecule has 11 heavy (non-hydrogen) atoms. The van der Waals surface area contributed by atoms with Crippen LogP contribution in [-0.2, 0) is 0 Å². The fourth-order valence-electron chi connectivity index (χ4n) is 0.400. The van der Waals surface area contributed by atoms with Gasteiger partial charge in [-0.25, -0.2) is 0 Å². The zero-order chi connectivity index (χ0) is 7.02. The highest BCUT2D eigenvalue weighted by molar-refractivity contribution is 9.12. The van der Waals surface area contributed by atoms with Gasteiger partial charge in [-0.3, -0.25) is 0 Å². The van der Waals surface area contributed by atoms with Crippen molar-refractivity contribution in [3.05, 3.63) is 7.57 Å². The van der Waals surface area contributed by atoms with Gasteiger partial charge in [-0.05, 0) is 31.9 Å². The number of anilines is 2. The normalized spacial score (nSPS) is 8.18. The van der Waals surface area contributed by atoms with Crippen LogP contribution in [0.1, 0.15) is 0 Å². The Hall–Kier alpha value is 1.22. The van der Waals surface area contributed by atoms with E-state index in [9.17, 15) is 0 Å². The van der Waals surface area contributed by atoms with Gasteiger partial charge >= 0.3 is 0 Å². The SMILES string of the molecule is Br.Br.Nc1c(Br)sc(Br)c1N. The third kappa shape index (κ3) is 3.22. The van der Waals surface area contributed by atoms with Crippen molar-refractivity contribution in [1.82, 2.24) is 0 Å². The molecule has 0 saturated carbocycles. The number of hydrogen-bond acceptors (Lipinski definition) is 3. The third-order valence-corrected chi connectivity index (χ3v) is 3.52. The van der Waals surface area contributed by atoms with Crippen molar-refractivity contribution in [2.24, 2.45) is 0 Å². The molecule has 0 radical (unpaired) electrons. The van der Waals surface area contributed by atoms with Gasteiger partial charge in [0.2, 0.25) is 0 Å². The predicted molar refractivity (Wildman–Crippen MR) is 69.2 cm³/mol. The lowest BCUT2D eigenvalue weighted by Crippen LogP contribution is -1.89. The van der Waals surface area contributed by atoms with Crippen LogP contribution < -0.4 is 11.5 Å². The van der Waals surface area contributed by atoms with Gasteiger partial charge in [0.25, 0.3) is 0 Å². The van der Waals surface area contributed by atoms with Crippen LogP contribution in [0.3, 0.4) is 0 Å². The number of nitrogen functional groups attached to an aromatic ring is 2. The van der Waals surface area contributed by atoms with Gasteiger partial charge in [-0.2, -0.15) is 0 Å². The summed E-state index contributed by atoms with van der Waals surface area (Å²) in [6.45, 7) is 0. The van der Waals surface area contributed by atoms with Crippen molar-refractivity contribution in [3.8, 4) is 0 Å². The lowest BCUT2D eigenvalue weighted by Gasteiger charge is -1.88. The highest BCUT2D eigenvalue weighted by Gasteiger charge is 2.07. The van der Waals surface area contributed by atoms with Gasteiger partial charge in [-0.1, -0.05) is 0 Å². The summed E-state index contributed by atoms with van der Waals surface area (Å²) < 4.78 is 1.76. The molecule has 0 spiro atoms. The van der Waals surface area contributed by atoms with Crippen molar-refractivity contribution in [2.45, 2.75) is 0 Å². The fourth-order valence-corrected chi connectivity index (χ4v) is 3.05. The third-order valence-electron chi connectivity index (χ3n) is 0.893. The van der Waals surface area contributed by atoms with Gasteiger partial charge in [0.05, 0.1) is 18.9 Å². The van der Waals surface area contributed by atoms with Gasteiger partial charge in [0, 0.05) is 0 Å². The molecule has 66 valence electrons. The summed E-state index contributed by atoms with van der Waals surface area (Å²) in [5, 5.41) is 0. The largest absolute Gasteiger partial charge is 0.395 e. The fraction of sp³-hybridized carbons (Fsp3) is 0. The van der Waals surface area contributed by atoms with E-state index in [4.69, 9.17) is 11.5 Å². The van der Waals surface area contributed by atoms with Crippen LogP contribution in [0.25, 0.3) is 0 Å². The Morgan fingerprint density at radius 3 is 1.27 bits per heavy atom. The van der Waals surface area contributed by atoms with Crippen molar-refractivity contribution in [3.63, 3.8) is 0 Å². The first-order chi connectivity index (χ1) is 4.13. The minimum atomic E-state index is 0. The van der Waals surface area contributed by atoms with Crippen LogP contribution in [0.5, 0.6) is 0 Å². The van der Waals surface area contributed by atoms with E-state index in [0.717, 1.165) is 7.57 Å². The summed E-state index contributed by atoms with van der Waals surface area (Å²) in [4.78, 5) is 0. The van der Waals surface area contributed by atoms with Crippen molar-refractivity contribution in [1.29, 1.82) is 0 Å². The first-order valence-electron chi connectivity index (χ1n) is 2.11. The van der Waals surface area contributed by atoms with Crippen molar-refractivity contribution < 1.29 is 0 Å². The molecule has 1 aromatic rings. The predicted octanol–water partition coefficient (Wildman–Crippen LogP) is 3.59. The molecule has 1 rings (SSSR count). The standard InChI is InChI=1S/C4H4Br2N2S.2BrH/c5-3-1(7)2(8)4(6)9-3;;/h7-8H2;2*1H. The summed E-state index contributed by atoms with van der Waals surface area (Å²) in [6, 6.07) is 0. The highest BCUT2D eigenvalue weighted by Crippen LogP contribution is 2.40. The van der Waals surface area contributed by atoms with E-state index >= 15 is 0 Å². The molecule has 0 aliphatic rings. The minimum absolute atomic E-state index is 0. The smallest absolute Gasteiger partial charge is 0.0961 e. The van der Waals surface area contributed by atoms with Gasteiger partial charge in [0.1, 0.15) is 0 Å². The molecule has 4 N–H and O–H groups in total. The second-order valence-corrected chi connectivity index (χ2v) is 5.13. The zero-order valence-electron chi connectivity index (χ0n) is 5.14. The molecule has 0 aliphatic heterocycles. The van der Waals surface area contributed by atoms with E-state index < -0.39 is 0 Å². The lowest BCUT2D eigenvalue weighted by molar-refractivity contribution is 1.77. The van der Waals surface area contributed by atoms with Gasteiger partial charge < -0.3 is 11.5 Å². The molecule has 0 amide bonds. The average molecular weight is 434 g/mol. The monoisotopic (exact) mass is 430 g/mol. The maximum absolute atomic E-state index is 5.51. The lowest BCUT2D eigenvalue weighted by atomic mass is 10.5. The van der Waals surface area contributed by atoms with E-state index in [1.807, 2.05) is 0 Å². The van der Waals surface area contributed by atoms with Gasteiger partial charge in [0.15, 0.2) is 0 Å². The maximum Gasteiger partial charge on any atom is 0.0961 e. The summed E-state index contributed by atoms with van der Waals surface area (Å²) in [5.41, 5.74) is 12.3.